The molecule has 1 aliphatic rings. The number of carbonyl (C=O) groups is 1. The third-order valence-corrected chi connectivity index (χ3v) is 5.24. The van der Waals surface area contributed by atoms with E-state index in [4.69, 9.17) is 16.3 Å². The summed E-state index contributed by atoms with van der Waals surface area (Å²) < 4.78 is 7.34. The van der Waals surface area contributed by atoms with Gasteiger partial charge in [0.1, 0.15) is 0 Å². The van der Waals surface area contributed by atoms with Crippen LogP contribution in [0.25, 0.3) is 10.9 Å². The number of ketones is 1. The van der Waals surface area contributed by atoms with E-state index >= 15 is 0 Å². The summed E-state index contributed by atoms with van der Waals surface area (Å²) in [6.07, 6.45) is 1.71. The first-order valence-electron chi connectivity index (χ1n) is 7.61. The van der Waals surface area contributed by atoms with Crippen LogP contribution in [-0.4, -0.2) is 39.3 Å². The number of rotatable bonds is 4. The Balaban J connectivity index is 1.79. The normalized spacial score (nSPS) is 21.1. The largest absolute Gasteiger partial charge is 0.390 e. The lowest BCUT2D eigenvalue weighted by Gasteiger charge is -2.27. The van der Waals surface area contributed by atoms with Crippen molar-refractivity contribution in [2.24, 2.45) is 0 Å². The zero-order valence-corrected chi connectivity index (χ0v) is 15.1. The minimum atomic E-state index is -0.634. The van der Waals surface area contributed by atoms with Crippen LogP contribution < -0.4 is 5.56 Å². The molecule has 1 aromatic carbocycles. The molecule has 2 unspecified atom stereocenters. The third-order valence-electron chi connectivity index (χ3n) is 4.05. The minimum Gasteiger partial charge on any atom is -0.390 e. The fourth-order valence-corrected chi connectivity index (χ4v) is 3.26. The highest BCUT2D eigenvalue weighted by molar-refractivity contribution is 9.10. The first kappa shape index (κ1) is 17.5. The molecule has 1 N–H and O–H groups in total. The van der Waals surface area contributed by atoms with Crippen molar-refractivity contribution in [3.05, 3.63) is 38.3 Å². The Kier molecular flexibility index (Phi) is 5.34. The number of aliphatic hydroxyl groups is 1. The predicted molar refractivity (Wildman–Crippen MR) is 93.3 cm³/mol. The van der Waals surface area contributed by atoms with Crippen molar-refractivity contribution in [1.82, 2.24) is 9.55 Å². The Labute approximate surface area is 151 Å². The van der Waals surface area contributed by atoms with Crippen molar-refractivity contribution in [3.63, 3.8) is 0 Å². The number of fused-ring (bicyclic) bond motifs is 1. The molecule has 8 heteroatoms. The van der Waals surface area contributed by atoms with Crippen LogP contribution in [0.2, 0.25) is 5.02 Å². The van der Waals surface area contributed by atoms with Gasteiger partial charge < -0.3 is 9.84 Å². The molecule has 6 nitrogen and oxygen atoms in total. The lowest BCUT2D eigenvalue weighted by Crippen LogP contribution is -2.37. The van der Waals surface area contributed by atoms with Crippen LogP contribution >= 0.6 is 27.5 Å². The average Bonchev–Trinajstić information content (AvgIpc) is 2.54. The molecule has 2 atom stereocenters. The van der Waals surface area contributed by atoms with Crippen molar-refractivity contribution < 1.29 is 14.6 Å². The zero-order chi connectivity index (χ0) is 17.3. The van der Waals surface area contributed by atoms with Gasteiger partial charge in [-0.3, -0.25) is 14.2 Å². The van der Waals surface area contributed by atoms with Gasteiger partial charge in [0.2, 0.25) is 0 Å². The number of hydrogen-bond donors (Lipinski definition) is 1. The summed E-state index contributed by atoms with van der Waals surface area (Å²) in [4.78, 5) is 28.9. The predicted octanol–water partition coefficient (Wildman–Crippen LogP) is 2.31. The van der Waals surface area contributed by atoms with E-state index in [0.717, 1.165) is 6.42 Å². The van der Waals surface area contributed by atoms with Gasteiger partial charge in [-0.05, 0) is 40.9 Å². The summed E-state index contributed by atoms with van der Waals surface area (Å²) in [6.45, 7) is 0.432. The van der Waals surface area contributed by atoms with E-state index in [1.54, 1.807) is 6.07 Å². The van der Waals surface area contributed by atoms with Crippen LogP contribution in [0.4, 0.5) is 0 Å². The molecule has 0 saturated carbocycles. The number of benzene rings is 1. The number of hydrogen-bond acceptors (Lipinski definition) is 5. The second-order valence-electron chi connectivity index (χ2n) is 5.82. The lowest BCUT2D eigenvalue weighted by atomic mass is 10.0. The van der Waals surface area contributed by atoms with Gasteiger partial charge in [-0.1, -0.05) is 11.6 Å². The molecule has 1 saturated heterocycles. The summed E-state index contributed by atoms with van der Waals surface area (Å²) in [6, 6.07) is 3.20. The van der Waals surface area contributed by atoms with E-state index in [0.29, 0.717) is 33.4 Å². The monoisotopic (exact) mass is 414 g/mol. The summed E-state index contributed by atoms with van der Waals surface area (Å²) in [5.41, 5.74) is 0.180. The molecule has 0 aliphatic carbocycles. The fourth-order valence-electron chi connectivity index (χ4n) is 2.76. The van der Waals surface area contributed by atoms with Crippen LogP contribution in [-0.2, 0) is 16.1 Å². The molecule has 1 aromatic heterocycles. The molecule has 3 rings (SSSR count). The van der Waals surface area contributed by atoms with Crippen LogP contribution in [0.5, 0.6) is 0 Å². The van der Waals surface area contributed by atoms with Gasteiger partial charge in [0, 0.05) is 17.5 Å². The quantitative estimate of drug-likeness (QED) is 0.829. The number of halogens is 2. The smallest absolute Gasteiger partial charge is 0.261 e. The molecule has 24 heavy (non-hydrogen) atoms. The van der Waals surface area contributed by atoms with E-state index in [1.807, 2.05) is 0 Å². The second kappa shape index (κ2) is 7.31. The second-order valence-corrected chi connectivity index (χ2v) is 7.08. The molecular formula is C16H16BrClN2O4. The molecular weight excluding hydrogens is 400 g/mol. The van der Waals surface area contributed by atoms with Gasteiger partial charge in [-0.2, -0.15) is 0 Å². The van der Waals surface area contributed by atoms with E-state index < -0.39 is 12.2 Å². The number of carbonyl (C=O) groups excluding carboxylic acids is 1. The van der Waals surface area contributed by atoms with E-state index in [9.17, 15) is 14.7 Å². The Morgan fingerprint density at radius 3 is 3.04 bits per heavy atom. The Morgan fingerprint density at radius 2 is 2.29 bits per heavy atom. The maximum Gasteiger partial charge on any atom is 0.261 e. The van der Waals surface area contributed by atoms with Crippen LogP contribution in [0.15, 0.2) is 27.7 Å². The van der Waals surface area contributed by atoms with Crippen LogP contribution in [0.1, 0.15) is 19.3 Å². The number of nitrogens with zero attached hydrogens (tertiary/aromatic N) is 2. The van der Waals surface area contributed by atoms with E-state index in [2.05, 4.69) is 20.9 Å². The molecule has 0 spiro atoms. The summed E-state index contributed by atoms with van der Waals surface area (Å²) in [7, 11) is 0. The van der Waals surface area contributed by atoms with Gasteiger partial charge in [0.05, 0.1) is 41.0 Å². The zero-order valence-electron chi connectivity index (χ0n) is 12.7. The van der Waals surface area contributed by atoms with Crippen molar-refractivity contribution >= 4 is 44.2 Å². The van der Waals surface area contributed by atoms with Crippen molar-refractivity contribution in [2.45, 2.75) is 38.0 Å². The molecule has 2 aromatic rings. The van der Waals surface area contributed by atoms with Gasteiger partial charge in [-0.15, -0.1) is 0 Å². The molecule has 1 fully saturated rings. The fraction of sp³-hybridized carbons (Fsp3) is 0.438. The van der Waals surface area contributed by atoms with Crippen molar-refractivity contribution in [2.75, 3.05) is 6.61 Å². The summed E-state index contributed by atoms with van der Waals surface area (Å²) in [5.74, 6) is -0.188. The molecule has 1 aliphatic heterocycles. The standard InChI is InChI=1S/C16H16BrClN2O4/c17-11-6-13-10(5-12(11)18)16(23)20(8-19-13)7-9(21)4-15-14(22)2-1-3-24-15/h5-6,8,14-15,22H,1-4,7H2. The van der Waals surface area contributed by atoms with E-state index in [-0.39, 0.29) is 24.3 Å². The molecule has 2 heterocycles. The molecule has 0 radical (unpaired) electrons. The number of aliphatic hydroxyl groups excluding tert-OH is 1. The maximum atomic E-state index is 12.5. The third kappa shape index (κ3) is 3.69. The Hall–Kier alpha value is -1.28. The molecule has 0 amide bonds. The van der Waals surface area contributed by atoms with Crippen LogP contribution in [0, 0.1) is 0 Å². The highest BCUT2D eigenvalue weighted by Crippen LogP contribution is 2.25. The topological polar surface area (TPSA) is 81.4 Å². The first-order valence-corrected chi connectivity index (χ1v) is 8.78. The summed E-state index contributed by atoms with van der Waals surface area (Å²) in [5, 5.41) is 10.6. The van der Waals surface area contributed by atoms with Crippen LogP contribution in [0.3, 0.4) is 0 Å². The highest BCUT2D eigenvalue weighted by Gasteiger charge is 2.26. The van der Waals surface area contributed by atoms with Crippen molar-refractivity contribution in [1.29, 1.82) is 0 Å². The number of aromatic nitrogens is 2. The van der Waals surface area contributed by atoms with Gasteiger partial charge in [-0.25, -0.2) is 4.98 Å². The van der Waals surface area contributed by atoms with Gasteiger partial charge in [0.15, 0.2) is 5.78 Å². The van der Waals surface area contributed by atoms with Gasteiger partial charge in [0.25, 0.3) is 5.56 Å². The van der Waals surface area contributed by atoms with Crippen molar-refractivity contribution in [3.8, 4) is 0 Å². The molecule has 0 bridgehead atoms. The SMILES string of the molecule is O=C(CC1OCCCC1O)Cn1cnc2cc(Br)c(Cl)cc2c1=O. The number of ether oxygens (including phenoxy) is 1. The average molecular weight is 416 g/mol. The minimum absolute atomic E-state index is 0.0761. The highest BCUT2D eigenvalue weighted by atomic mass is 79.9. The first-order chi connectivity index (χ1) is 11.5. The Morgan fingerprint density at radius 1 is 1.50 bits per heavy atom. The van der Waals surface area contributed by atoms with Gasteiger partial charge >= 0.3 is 0 Å². The lowest BCUT2D eigenvalue weighted by molar-refractivity contribution is -0.129. The maximum absolute atomic E-state index is 12.5. The molecule has 128 valence electrons. The number of Topliss-reactive ketones (excluding diaryl/α,β-unsaturated/α-hetero) is 1. The van der Waals surface area contributed by atoms with E-state index in [1.165, 1.54) is 17.0 Å². The summed E-state index contributed by atoms with van der Waals surface area (Å²) >= 11 is 9.32. The Bertz CT molecular complexity index is 839.